The van der Waals surface area contributed by atoms with Crippen LogP contribution in [-0.4, -0.2) is 34.6 Å². The van der Waals surface area contributed by atoms with Gasteiger partial charge in [0, 0.05) is 34.8 Å². The molecule has 9 heteroatoms. The van der Waals surface area contributed by atoms with Crippen LogP contribution in [0.4, 0.5) is 23.8 Å². The van der Waals surface area contributed by atoms with Crippen LogP contribution in [-0.2, 0) is 17.5 Å². The van der Waals surface area contributed by atoms with Crippen molar-refractivity contribution >= 4 is 23.2 Å². The number of anilines is 1. The standard InChI is InChI=1S/C31H36F3N3O2S/c1-5-36(26-9-7-6-8-10-26)29-24(15-23(17-35-29)28-20(3)11-12-40-28)18-37-21(4)27(39-30(37)38)22-13-19(2)14-25(16-22)31(32,33)34/h11-17,21,26-27H,5-10,18H2,1-4H3/t21-,27?/m0/s1. The number of carbonyl (C=O) groups is 1. The second kappa shape index (κ2) is 11.4. The molecule has 1 saturated carbocycles. The molecule has 0 N–H and O–H groups in total. The van der Waals surface area contributed by atoms with E-state index in [2.05, 4.69) is 36.3 Å². The number of rotatable bonds is 7. The van der Waals surface area contributed by atoms with E-state index in [1.54, 1.807) is 29.2 Å². The van der Waals surface area contributed by atoms with E-state index in [-0.39, 0.29) is 6.54 Å². The van der Waals surface area contributed by atoms with Gasteiger partial charge >= 0.3 is 12.3 Å². The fourth-order valence-electron chi connectivity index (χ4n) is 6.13. The maximum atomic E-state index is 13.5. The van der Waals surface area contributed by atoms with E-state index in [1.165, 1.54) is 24.8 Å². The van der Waals surface area contributed by atoms with E-state index in [9.17, 15) is 18.0 Å². The molecule has 2 atom stereocenters. The van der Waals surface area contributed by atoms with Crippen LogP contribution in [0.15, 0.2) is 41.9 Å². The molecule has 0 spiro atoms. The van der Waals surface area contributed by atoms with Crippen molar-refractivity contribution in [1.82, 2.24) is 9.88 Å². The van der Waals surface area contributed by atoms with Gasteiger partial charge in [0.2, 0.25) is 0 Å². The Morgan fingerprint density at radius 3 is 2.52 bits per heavy atom. The summed E-state index contributed by atoms with van der Waals surface area (Å²) in [6, 6.07) is 8.01. The van der Waals surface area contributed by atoms with E-state index in [4.69, 9.17) is 9.72 Å². The fraction of sp³-hybridized carbons (Fsp3) is 0.484. The number of cyclic esters (lactones) is 1. The van der Waals surface area contributed by atoms with Crippen molar-refractivity contribution in [2.24, 2.45) is 0 Å². The Hall–Kier alpha value is -3.07. The Kier molecular flexibility index (Phi) is 8.13. The number of hydrogen-bond donors (Lipinski definition) is 0. The molecule has 5 rings (SSSR count). The van der Waals surface area contributed by atoms with Gasteiger partial charge in [-0.2, -0.15) is 13.2 Å². The first kappa shape index (κ1) is 28.5. The van der Waals surface area contributed by atoms with E-state index in [0.29, 0.717) is 17.2 Å². The molecule has 2 fully saturated rings. The fourth-order valence-corrected chi connectivity index (χ4v) is 7.04. The summed E-state index contributed by atoms with van der Waals surface area (Å²) in [4.78, 5) is 23.3. The number of benzene rings is 1. The molecule has 2 aromatic heterocycles. The van der Waals surface area contributed by atoms with Crippen LogP contribution in [0.25, 0.3) is 10.4 Å². The second-order valence-corrected chi connectivity index (χ2v) is 11.9. The van der Waals surface area contributed by atoms with Gasteiger partial charge in [0.15, 0.2) is 0 Å². The van der Waals surface area contributed by atoms with E-state index in [0.717, 1.165) is 53.3 Å². The van der Waals surface area contributed by atoms with E-state index in [1.807, 2.05) is 13.1 Å². The third-order valence-corrected chi connectivity index (χ3v) is 9.25. The number of amides is 1. The number of hydrogen-bond acceptors (Lipinski definition) is 5. The van der Waals surface area contributed by atoms with Crippen LogP contribution in [0.2, 0.25) is 0 Å². The van der Waals surface area contributed by atoms with Gasteiger partial charge < -0.3 is 9.64 Å². The zero-order chi connectivity index (χ0) is 28.6. The molecule has 40 heavy (non-hydrogen) atoms. The molecule has 1 amide bonds. The van der Waals surface area contributed by atoms with Gasteiger partial charge in [-0.3, -0.25) is 4.90 Å². The summed E-state index contributed by atoms with van der Waals surface area (Å²) in [7, 11) is 0. The lowest BCUT2D eigenvalue weighted by atomic mass is 9.93. The normalized spacial score (nSPS) is 20.2. The number of halogens is 3. The molecule has 0 radical (unpaired) electrons. The summed E-state index contributed by atoms with van der Waals surface area (Å²) in [5.41, 5.74) is 3.18. The molecule has 1 saturated heterocycles. The smallest absolute Gasteiger partial charge is 0.416 e. The Morgan fingerprint density at radius 1 is 1.12 bits per heavy atom. The minimum atomic E-state index is -4.48. The van der Waals surface area contributed by atoms with Gasteiger partial charge in [-0.1, -0.05) is 30.9 Å². The molecule has 2 aliphatic rings. The zero-order valence-electron chi connectivity index (χ0n) is 23.4. The van der Waals surface area contributed by atoms with Crippen molar-refractivity contribution in [3.63, 3.8) is 0 Å². The number of aromatic nitrogens is 1. The highest BCUT2D eigenvalue weighted by molar-refractivity contribution is 7.13. The van der Waals surface area contributed by atoms with Crippen molar-refractivity contribution in [2.45, 2.75) is 90.7 Å². The molecule has 214 valence electrons. The highest BCUT2D eigenvalue weighted by Crippen LogP contribution is 2.40. The van der Waals surface area contributed by atoms with Crippen LogP contribution in [0, 0.1) is 13.8 Å². The number of pyridine rings is 1. The number of alkyl halides is 3. The van der Waals surface area contributed by atoms with Gasteiger partial charge in [-0.15, -0.1) is 11.3 Å². The highest BCUT2D eigenvalue weighted by atomic mass is 32.1. The molecule has 5 nitrogen and oxygen atoms in total. The van der Waals surface area contributed by atoms with Crippen molar-refractivity contribution < 1.29 is 22.7 Å². The Balaban J connectivity index is 1.50. The number of nitrogens with zero attached hydrogens (tertiary/aromatic N) is 3. The monoisotopic (exact) mass is 571 g/mol. The van der Waals surface area contributed by atoms with Gasteiger partial charge in [-0.05, 0) is 81.3 Å². The second-order valence-electron chi connectivity index (χ2n) is 11.0. The first-order valence-electron chi connectivity index (χ1n) is 14.0. The molecule has 1 aliphatic carbocycles. The highest BCUT2D eigenvalue weighted by Gasteiger charge is 2.41. The summed E-state index contributed by atoms with van der Waals surface area (Å²) >= 11 is 1.65. The average molecular weight is 572 g/mol. The molecule has 3 aromatic rings. The van der Waals surface area contributed by atoms with Crippen molar-refractivity contribution in [3.05, 3.63) is 69.7 Å². The predicted molar refractivity (Wildman–Crippen MR) is 153 cm³/mol. The third-order valence-electron chi connectivity index (χ3n) is 8.18. The number of aryl methyl sites for hydroxylation is 2. The van der Waals surface area contributed by atoms with Crippen LogP contribution >= 0.6 is 11.3 Å². The van der Waals surface area contributed by atoms with Gasteiger partial charge in [0.25, 0.3) is 0 Å². The van der Waals surface area contributed by atoms with Crippen LogP contribution in [0.5, 0.6) is 0 Å². The predicted octanol–water partition coefficient (Wildman–Crippen LogP) is 8.69. The largest absolute Gasteiger partial charge is 0.439 e. The molecule has 1 aliphatic heterocycles. The van der Waals surface area contributed by atoms with Crippen molar-refractivity contribution in [3.8, 4) is 10.4 Å². The average Bonchev–Trinajstić information content (AvgIpc) is 3.47. The first-order valence-corrected chi connectivity index (χ1v) is 14.9. The summed E-state index contributed by atoms with van der Waals surface area (Å²) in [5, 5.41) is 2.06. The Morgan fingerprint density at radius 2 is 1.88 bits per heavy atom. The lowest BCUT2D eigenvalue weighted by Crippen LogP contribution is -2.39. The third kappa shape index (κ3) is 5.71. The van der Waals surface area contributed by atoms with Crippen LogP contribution < -0.4 is 4.90 Å². The zero-order valence-corrected chi connectivity index (χ0v) is 24.2. The summed E-state index contributed by atoms with van der Waals surface area (Å²) in [6.45, 7) is 8.73. The quantitative estimate of drug-likeness (QED) is 0.285. The Labute approximate surface area is 238 Å². The number of carbonyl (C=O) groups excluding carboxylic acids is 1. The SMILES string of the molecule is CCN(c1ncc(-c2sccc2C)cc1CN1C(=O)OC(c2cc(C)cc(C(F)(F)F)c2)[C@@H]1C)C1CCCCC1. The number of thiophene rings is 1. The summed E-state index contributed by atoms with van der Waals surface area (Å²) in [5.74, 6) is 0.866. The molecular weight excluding hydrogens is 535 g/mol. The van der Waals surface area contributed by atoms with Gasteiger partial charge in [0.05, 0.1) is 18.2 Å². The lowest BCUT2D eigenvalue weighted by Gasteiger charge is -2.36. The minimum absolute atomic E-state index is 0.262. The first-order chi connectivity index (χ1) is 19.1. The van der Waals surface area contributed by atoms with Crippen LogP contribution in [0.3, 0.4) is 0 Å². The Bertz CT molecular complexity index is 1370. The molecule has 3 heterocycles. The van der Waals surface area contributed by atoms with Crippen molar-refractivity contribution in [2.75, 3.05) is 11.4 Å². The molecule has 0 bridgehead atoms. The maximum Gasteiger partial charge on any atom is 0.416 e. The van der Waals surface area contributed by atoms with E-state index < -0.39 is 30.0 Å². The van der Waals surface area contributed by atoms with Crippen LogP contribution in [0.1, 0.15) is 79.9 Å². The van der Waals surface area contributed by atoms with Gasteiger partial charge in [-0.25, -0.2) is 9.78 Å². The topological polar surface area (TPSA) is 45.7 Å². The van der Waals surface area contributed by atoms with Crippen molar-refractivity contribution in [1.29, 1.82) is 0 Å². The maximum absolute atomic E-state index is 13.5. The van der Waals surface area contributed by atoms with Gasteiger partial charge in [0.1, 0.15) is 11.9 Å². The molecule has 1 unspecified atom stereocenters. The molecular formula is C31H36F3N3O2S. The number of ether oxygens (including phenoxy) is 1. The molecule has 1 aromatic carbocycles. The summed E-state index contributed by atoms with van der Waals surface area (Å²) < 4.78 is 46.3. The van der Waals surface area contributed by atoms with E-state index >= 15 is 0 Å². The minimum Gasteiger partial charge on any atom is -0.439 e. The lowest BCUT2D eigenvalue weighted by molar-refractivity contribution is -0.137. The summed E-state index contributed by atoms with van der Waals surface area (Å²) in [6.07, 6.45) is 1.97.